The van der Waals surface area contributed by atoms with Crippen LogP contribution in [0.4, 0.5) is 11.5 Å². The highest BCUT2D eigenvalue weighted by Gasteiger charge is 2.12. The highest BCUT2D eigenvalue weighted by molar-refractivity contribution is 5.54. The third-order valence-electron chi connectivity index (χ3n) is 3.86. The van der Waals surface area contributed by atoms with Gasteiger partial charge in [-0.25, -0.2) is 0 Å². The molecule has 0 radical (unpaired) electrons. The molecule has 0 bridgehead atoms. The Morgan fingerprint density at radius 1 is 1.35 bits per heavy atom. The van der Waals surface area contributed by atoms with Crippen LogP contribution in [0, 0.1) is 11.3 Å². The normalized spacial score (nSPS) is 12.4. The molecule has 0 spiro atoms. The van der Waals surface area contributed by atoms with Gasteiger partial charge in [-0.05, 0) is 36.5 Å². The minimum Gasteiger partial charge on any atom is -0.506 e. The number of hydrogen-bond acceptors (Lipinski definition) is 5. The molecule has 0 aliphatic rings. The highest BCUT2D eigenvalue weighted by atomic mass is 16.3. The van der Waals surface area contributed by atoms with Crippen molar-refractivity contribution in [2.75, 3.05) is 0 Å². The number of rotatable bonds is 6. The lowest BCUT2D eigenvalue weighted by molar-refractivity contribution is 0.476. The van der Waals surface area contributed by atoms with E-state index in [1.54, 1.807) is 6.07 Å². The number of H-pyrrole nitrogens is 1. The summed E-state index contributed by atoms with van der Waals surface area (Å²) >= 11 is 0. The molecule has 2 rings (SSSR count). The molecule has 0 aliphatic heterocycles. The van der Waals surface area contributed by atoms with E-state index in [9.17, 15) is 10.4 Å². The van der Waals surface area contributed by atoms with Gasteiger partial charge >= 0.3 is 0 Å². The predicted molar refractivity (Wildman–Crippen MR) is 88.3 cm³/mol. The van der Waals surface area contributed by atoms with E-state index in [2.05, 4.69) is 40.3 Å². The lowest BCUT2D eigenvalue weighted by Gasteiger charge is -2.09. The van der Waals surface area contributed by atoms with Crippen molar-refractivity contribution in [2.24, 2.45) is 10.2 Å². The van der Waals surface area contributed by atoms with Crippen molar-refractivity contribution < 1.29 is 5.11 Å². The lowest BCUT2D eigenvalue weighted by Crippen LogP contribution is -1.90. The van der Waals surface area contributed by atoms with Gasteiger partial charge in [-0.3, -0.25) is 5.10 Å². The second-order valence-corrected chi connectivity index (χ2v) is 5.51. The summed E-state index contributed by atoms with van der Waals surface area (Å²) in [7, 11) is 0. The van der Waals surface area contributed by atoms with Crippen LogP contribution in [0.15, 0.2) is 28.4 Å². The molecule has 1 heterocycles. The summed E-state index contributed by atoms with van der Waals surface area (Å²) in [5.41, 5.74) is 2.59. The number of phenolic OH excluding ortho intramolecular Hbond substituents is 1. The Hall–Kier alpha value is -2.68. The Labute approximate surface area is 135 Å². The molecule has 1 aromatic carbocycles. The molecule has 0 amide bonds. The first kappa shape index (κ1) is 16.7. The molecule has 1 aromatic heterocycles. The molecule has 0 saturated carbocycles. The summed E-state index contributed by atoms with van der Waals surface area (Å²) in [6.45, 7) is 6.25. The quantitative estimate of drug-likeness (QED) is 0.745. The van der Waals surface area contributed by atoms with Crippen molar-refractivity contribution in [2.45, 2.75) is 46.0 Å². The molecule has 0 fully saturated rings. The Bertz CT molecular complexity index is 742. The topological polar surface area (TPSA) is 97.4 Å². The van der Waals surface area contributed by atoms with E-state index in [1.165, 1.54) is 0 Å². The molecule has 23 heavy (non-hydrogen) atoms. The third-order valence-corrected chi connectivity index (χ3v) is 3.86. The van der Waals surface area contributed by atoms with Crippen LogP contribution in [0.25, 0.3) is 0 Å². The van der Waals surface area contributed by atoms with Gasteiger partial charge in [0, 0.05) is 0 Å². The number of aromatic amines is 1. The summed E-state index contributed by atoms with van der Waals surface area (Å²) in [5.74, 6) is 0.763. The van der Waals surface area contributed by atoms with Gasteiger partial charge in [0.15, 0.2) is 5.82 Å². The van der Waals surface area contributed by atoms with Crippen molar-refractivity contribution in [1.29, 1.82) is 5.26 Å². The molecular weight excluding hydrogens is 290 g/mol. The number of azo groups is 1. The molecule has 1 unspecified atom stereocenters. The van der Waals surface area contributed by atoms with E-state index >= 15 is 0 Å². The van der Waals surface area contributed by atoms with E-state index < -0.39 is 0 Å². The van der Waals surface area contributed by atoms with E-state index in [-0.39, 0.29) is 5.75 Å². The molecule has 2 N–H and O–H groups in total. The number of aryl methyl sites for hydroxylation is 1. The van der Waals surface area contributed by atoms with Crippen molar-refractivity contribution in [3.63, 3.8) is 0 Å². The van der Waals surface area contributed by atoms with Gasteiger partial charge in [0.1, 0.15) is 23.1 Å². The predicted octanol–water partition coefficient (Wildman–Crippen LogP) is 4.87. The van der Waals surface area contributed by atoms with Crippen LogP contribution in [-0.2, 0) is 6.42 Å². The Morgan fingerprint density at radius 3 is 2.78 bits per heavy atom. The van der Waals surface area contributed by atoms with Crippen LogP contribution >= 0.6 is 0 Å². The third kappa shape index (κ3) is 3.75. The molecule has 0 aliphatic carbocycles. The van der Waals surface area contributed by atoms with Crippen molar-refractivity contribution in [3.05, 3.63) is 35.0 Å². The summed E-state index contributed by atoms with van der Waals surface area (Å²) in [6, 6.07) is 7.44. The maximum Gasteiger partial charge on any atom is 0.188 e. The zero-order chi connectivity index (χ0) is 16.8. The van der Waals surface area contributed by atoms with Crippen LogP contribution in [0.1, 0.15) is 56.4 Å². The number of aromatic hydroxyl groups is 1. The van der Waals surface area contributed by atoms with Gasteiger partial charge < -0.3 is 5.11 Å². The largest absolute Gasteiger partial charge is 0.506 e. The summed E-state index contributed by atoms with van der Waals surface area (Å²) in [5, 5.41) is 34.2. The smallest absolute Gasteiger partial charge is 0.188 e. The van der Waals surface area contributed by atoms with Crippen molar-refractivity contribution >= 4 is 11.5 Å². The van der Waals surface area contributed by atoms with Gasteiger partial charge in [-0.2, -0.15) is 10.4 Å². The summed E-state index contributed by atoms with van der Waals surface area (Å²) in [4.78, 5) is 0. The first-order valence-corrected chi connectivity index (χ1v) is 7.82. The molecule has 6 nitrogen and oxygen atoms in total. The summed E-state index contributed by atoms with van der Waals surface area (Å²) < 4.78 is 0. The van der Waals surface area contributed by atoms with Crippen LogP contribution < -0.4 is 0 Å². The van der Waals surface area contributed by atoms with Gasteiger partial charge in [0.25, 0.3) is 0 Å². The number of phenols is 1. The first-order valence-electron chi connectivity index (χ1n) is 7.82. The fraction of sp³-hybridized carbons (Fsp3) is 0.412. The minimum atomic E-state index is 0.0626. The number of nitrogens with one attached hydrogen (secondary N) is 1. The fourth-order valence-electron chi connectivity index (χ4n) is 2.24. The zero-order valence-electron chi connectivity index (χ0n) is 13.7. The average molecular weight is 311 g/mol. The van der Waals surface area contributed by atoms with E-state index in [1.807, 2.05) is 19.1 Å². The number of aromatic nitrogens is 2. The lowest BCUT2D eigenvalue weighted by atomic mass is 9.98. The van der Waals surface area contributed by atoms with E-state index in [4.69, 9.17) is 0 Å². The zero-order valence-corrected chi connectivity index (χ0v) is 13.7. The standard InChI is InChI=1S/C17H21N5O/c1-4-6-14-13(10-18)17(21-19-14)22-20-15-9-12(11(3)5-2)7-8-16(15)23/h7-9,11,23H,4-6H2,1-3H3,(H,19,21)/b22-20+. The van der Waals surface area contributed by atoms with Crippen LogP contribution in [0.2, 0.25) is 0 Å². The minimum absolute atomic E-state index is 0.0626. The maximum atomic E-state index is 9.94. The van der Waals surface area contributed by atoms with Crippen LogP contribution in [0.5, 0.6) is 5.75 Å². The molecule has 6 heteroatoms. The Balaban J connectivity index is 2.32. The monoisotopic (exact) mass is 311 g/mol. The SMILES string of the molecule is CCCc1n[nH]c(/N=N/c2cc(C(C)CC)ccc2O)c1C#N. The molecule has 2 aromatic rings. The number of benzene rings is 1. The van der Waals surface area contributed by atoms with E-state index in [0.29, 0.717) is 35.1 Å². The van der Waals surface area contributed by atoms with Gasteiger partial charge in [0.2, 0.25) is 0 Å². The number of hydrogen-bond donors (Lipinski definition) is 2. The van der Waals surface area contributed by atoms with Crippen LogP contribution in [0.3, 0.4) is 0 Å². The highest BCUT2D eigenvalue weighted by Crippen LogP contribution is 2.32. The van der Waals surface area contributed by atoms with Gasteiger partial charge in [-0.15, -0.1) is 10.2 Å². The van der Waals surface area contributed by atoms with Gasteiger partial charge in [0.05, 0.1) is 5.69 Å². The first-order chi connectivity index (χ1) is 11.1. The molecule has 1 atom stereocenters. The number of nitrogens with zero attached hydrogens (tertiary/aromatic N) is 4. The fourth-order valence-corrected chi connectivity index (χ4v) is 2.24. The molecule has 0 saturated heterocycles. The number of nitriles is 1. The van der Waals surface area contributed by atoms with Gasteiger partial charge in [-0.1, -0.05) is 33.3 Å². The van der Waals surface area contributed by atoms with Crippen molar-refractivity contribution in [1.82, 2.24) is 10.2 Å². The van der Waals surface area contributed by atoms with Crippen LogP contribution in [-0.4, -0.2) is 15.3 Å². The molecular formula is C17H21N5O. The second-order valence-electron chi connectivity index (χ2n) is 5.51. The second kappa shape index (κ2) is 7.54. The Morgan fingerprint density at radius 2 is 2.13 bits per heavy atom. The van der Waals surface area contributed by atoms with Crippen molar-refractivity contribution in [3.8, 4) is 11.8 Å². The molecule has 120 valence electrons. The van der Waals surface area contributed by atoms with E-state index in [0.717, 1.165) is 18.4 Å². The Kier molecular flexibility index (Phi) is 5.47. The average Bonchev–Trinajstić information content (AvgIpc) is 2.95. The summed E-state index contributed by atoms with van der Waals surface area (Å²) in [6.07, 6.45) is 2.61. The maximum absolute atomic E-state index is 9.94.